The Morgan fingerprint density at radius 2 is 1.59 bits per heavy atom. The lowest BCUT2D eigenvalue weighted by Gasteiger charge is -2.25. The number of benzene rings is 1. The third kappa shape index (κ3) is 14.1. The zero-order valence-corrected chi connectivity index (χ0v) is 21.6. The Labute approximate surface area is 217 Å². The number of primary amides is 1. The number of rotatable bonds is 15. The Morgan fingerprint density at radius 3 is 2.16 bits per heavy atom. The van der Waals surface area contributed by atoms with E-state index < -0.39 is 36.0 Å². The van der Waals surface area contributed by atoms with E-state index in [0.717, 1.165) is 5.56 Å². The SMILES string of the molecule is CC(=O)N[C@@H](Cc1ccccc1)C(=O)N[C@@H](CC(C)C)C(=O)N[C@@H](CCCN=C(N)N)/[13CH]=N/NC(N)=O. The van der Waals surface area contributed by atoms with Gasteiger partial charge in [0.1, 0.15) is 12.1 Å². The molecule has 0 aliphatic heterocycles. The fourth-order valence-corrected chi connectivity index (χ4v) is 3.46. The van der Waals surface area contributed by atoms with Crippen molar-refractivity contribution in [2.75, 3.05) is 6.54 Å². The van der Waals surface area contributed by atoms with Crippen LogP contribution in [0.1, 0.15) is 45.6 Å². The minimum absolute atomic E-state index is 0.0476. The maximum atomic E-state index is 13.2. The summed E-state index contributed by atoms with van der Waals surface area (Å²) in [6, 6.07) is 6.06. The Balaban J connectivity index is 2.99. The molecule has 0 aliphatic carbocycles. The van der Waals surface area contributed by atoms with Gasteiger partial charge >= 0.3 is 6.03 Å². The van der Waals surface area contributed by atoms with Crippen molar-refractivity contribution >= 4 is 35.9 Å². The fourth-order valence-electron chi connectivity index (χ4n) is 3.46. The zero-order valence-electron chi connectivity index (χ0n) is 21.6. The summed E-state index contributed by atoms with van der Waals surface area (Å²) < 4.78 is 0. The summed E-state index contributed by atoms with van der Waals surface area (Å²) in [4.78, 5) is 53.0. The molecular weight excluding hydrogens is 479 g/mol. The van der Waals surface area contributed by atoms with Crippen LogP contribution in [0.15, 0.2) is 40.4 Å². The predicted molar refractivity (Wildman–Crippen MR) is 142 cm³/mol. The maximum absolute atomic E-state index is 13.2. The van der Waals surface area contributed by atoms with Crippen molar-refractivity contribution in [2.45, 2.75) is 64.6 Å². The third-order valence-corrected chi connectivity index (χ3v) is 5.04. The van der Waals surface area contributed by atoms with Crippen LogP contribution in [0.25, 0.3) is 0 Å². The van der Waals surface area contributed by atoms with E-state index in [4.69, 9.17) is 17.2 Å². The molecule has 1 aromatic carbocycles. The molecule has 5 amide bonds. The van der Waals surface area contributed by atoms with Crippen molar-refractivity contribution < 1.29 is 19.2 Å². The number of carbonyl (C=O) groups is 4. The molecule has 0 fully saturated rings. The maximum Gasteiger partial charge on any atom is 0.332 e. The number of hydrogen-bond acceptors (Lipinski definition) is 6. The highest BCUT2D eigenvalue weighted by Crippen LogP contribution is 2.09. The molecule has 1 rings (SSSR count). The second-order valence-corrected chi connectivity index (χ2v) is 8.95. The van der Waals surface area contributed by atoms with Crippen molar-refractivity contribution in [1.29, 1.82) is 0 Å². The van der Waals surface area contributed by atoms with E-state index in [1.165, 1.54) is 13.1 Å². The van der Waals surface area contributed by atoms with Gasteiger partial charge in [-0.3, -0.25) is 19.4 Å². The lowest BCUT2D eigenvalue weighted by atomic mass is 10.0. The minimum atomic E-state index is -0.878. The van der Waals surface area contributed by atoms with E-state index >= 15 is 0 Å². The Morgan fingerprint density at radius 1 is 0.946 bits per heavy atom. The quantitative estimate of drug-likeness (QED) is 0.0531. The number of carbonyl (C=O) groups excluding carboxylic acids is 4. The molecule has 37 heavy (non-hydrogen) atoms. The number of amides is 5. The van der Waals surface area contributed by atoms with E-state index in [1.807, 2.05) is 44.2 Å². The topological polar surface area (TPSA) is 219 Å². The van der Waals surface area contributed by atoms with Crippen molar-refractivity contribution in [1.82, 2.24) is 21.4 Å². The monoisotopic (exact) mass is 518 g/mol. The number of hydrazone groups is 1. The van der Waals surface area contributed by atoms with Crippen molar-refractivity contribution in [3.63, 3.8) is 0 Å². The molecule has 204 valence electrons. The van der Waals surface area contributed by atoms with Gasteiger partial charge in [0.15, 0.2) is 5.96 Å². The normalized spacial score (nSPS) is 13.3. The number of guanidine groups is 1. The summed E-state index contributed by atoms with van der Waals surface area (Å²) >= 11 is 0. The van der Waals surface area contributed by atoms with E-state index in [-0.39, 0.29) is 24.2 Å². The first-order valence-electron chi connectivity index (χ1n) is 12.0. The number of nitrogens with zero attached hydrogens (tertiary/aromatic N) is 2. The van der Waals surface area contributed by atoms with Gasteiger partial charge < -0.3 is 33.2 Å². The summed E-state index contributed by atoms with van der Waals surface area (Å²) in [6.45, 7) is 5.51. The van der Waals surface area contributed by atoms with E-state index in [2.05, 4.69) is 31.5 Å². The van der Waals surface area contributed by atoms with E-state index in [1.54, 1.807) is 0 Å². The second-order valence-electron chi connectivity index (χ2n) is 8.95. The second kappa shape index (κ2) is 16.5. The van der Waals surface area contributed by atoms with Crippen LogP contribution in [0.3, 0.4) is 0 Å². The van der Waals surface area contributed by atoms with Gasteiger partial charge in [0.25, 0.3) is 0 Å². The number of urea groups is 1. The van der Waals surface area contributed by atoms with Gasteiger partial charge in [-0.25, -0.2) is 10.2 Å². The van der Waals surface area contributed by atoms with Crippen LogP contribution in [0, 0.1) is 5.92 Å². The molecule has 10 N–H and O–H groups in total. The lowest BCUT2D eigenvalue weighted by Crippen LogP contribution is -2.55. The van der Waals surface area contributed by atoms with Crippen molar-refractivity contribution in [3.05, 3.63) is 35.9 Å². The first-order chi connectivity index (χ1) is 17.5. The van der Waals surface area contributed by atoms with Gasteiger partial charge in [-0.1, -0.05) is 44.2 Å². The number of nitrogens with one attached hydrogen (secondary N) is 4. The van der Waals surface area contributed by atoms with Gasteiger partial charge in [-0.15, -0.1) is 0 Å². The van der Waals surface area contributed by atoms with Crippen LogP contribution in [0.2, 0.25) is 0 Å². The Hall–Kier alpha value is -4.16. The van der Waals surface area contributed by atoms with Gasteiger partial charge in [0.2, 0.25) is 17.7 Å². The molecule has 0 saturated heterocycles. The lowest BCUT2D eigenvalue weighted by molar-refractivity contribution is -0.132. The molecule has 3 atom stereocenters. The number of nitrogens with two attached hydrogens (primary N) is 3. The highest BCUT2D eigenvalue weighted by molar-refractivity contribution is 5.93. The molecule has 0 saturated carbocycles. The minimum Gasteiger partial charge on any atom is -0.370 e. The highest BCUT2D eigenvalue weighted by Gasteiger charge is 2.28. The average molecular weight is 519 g/mol. The summed E-state index contributed by atoms with van der Waals surface area (Å²) in [6.07, 6.45) is 2.86. The molecule has 1 aromatic rings. The number of hydrogen-bond donors (Lipinski definition) is 7. The first kappa shape index (κ1) is 30.9. The molecule has 0 radical (unpaired) electrons. The molecule has 13 nitrogen and oxygen atoms in total. The zero-order chi connectivity index (χ0) is 27.8. The molecule has 0 heterocycles. The fraction of sp³-hybridized carbons (Fsp3) is 0.500. The van der Waals surface area contributed by atoms with Gasteiger partial charge in [0.05, 0.1) is 6.04 Å². The summed E-state index contributed by atoms with van der Waals surface area (Å²) in [5.74, 6) is -1.25. The van der Waals surface area contributed by atoms with Gasteiger partial charge in [-0.2, -0.15) is 5.10 Å². The van der Waals surface area contributed by atoms with E-state index in [0.29, 0.717) is 25.8 Å². The van der Waals surface area contributed by atoms with Crippen LogP contribution < -0.4 is 38.6 Å². The third-order valence-electron chi connectivity index (χ3n) is 5.04. The van der Waals surface area contributed by atoms with Crippen LogP contribution in [0.4, 0.5) is 4.79 Å². The molecule has 0 unspecified atom stereocenters. The standard InChI is InChI=1S/C24H39N9O4/c1-15(2)12-19(32-22(36)20(30-16(3)34)13-17-8-5-4-6-9-17)21(35)31-18(14-29-33-24(27)37)10-7-11-28-23(25)26/h4-6,8-9,14-15,18-20H,7,10-13H2,1-3H3,(H,30,34)(H,31,35)(H,32,36)(H4,25,26,28)(H3,27,33,37)/b29-14+/t18-,19-,20-/m0/s1/i14+1. The molecule has 13 heteroatoms. The molecule has 0 aliphatic rings. The van der Waals surface area contributed by atoms with Crippen LogP contribution in [-0.4, -0.2) is 60.6 Å². The predicted octanol–water partition coefficient (Wildman–Crippen LogP) is -0.543. The highest BCUT2D eigenvalue weighted by atomic mass is 16.2. The van der Waals surface area contributed by atoms with Crippen LogP contribution in [-0.2, 0) is 20.8 Å². The van der Waals surface area contributed by atoms with Crippen molar-refractivity contribution in [2.24, 2.45) is 33.2 Å². The van der Waals surface area contributed by atoms with Gasteiger partial charge in [0, 0.05) is 26.1 Å². The first-order valence-corrected chi connectivity index (χ1v) is 12.0. The summed E-state index contributed by atoms with van der Waals surface area (Å²) in [5.41, 5.74) is 18.7. The molecule has 0 spiro atoms. The number of aliphatic imine (C=N–C) groups is 1. The van der Waals surface area contributed by atoms with Crippen LogP contribution >= 0.6 is 0 Å². The molecular formula is C24H39N9O4. The molecule has 0 aromatic heterocycles. The summed E-state index contributed by atoms with van der Waals surface area (Å²) in [5, 5.41) is 12.0. The average Bonchev–Trinajstić information content (AvgIpc) is 2.80. The largest absolute Gasteiger partial charge is 0.370 e. The smallest absolute Gasteiger partial charge is 0.332 e. The van der Waals surface area contributed by atoms with Gasteiger partial charge in [-0.05, 0) is 30.7 Å². The van der Waals surface area contributed by atoms with Crippen molar-refractivity contribution in [3.8, 4) is 0 Å². The van der Waals surface area contributed by atoms with E-state index in [9.17, 15) is 19.2 Å². The summed E-state index contributed by atoms with van der Waals surface area (Å²) in [7, 11) is 0. The van der Waals surface area contributed by atoms with Crippen LogP contribution in [0.5, 0.6) is 0 Å². The molecule has 0 bridgehead atoms. The Kier molecular flexibility index (Phi) is 13.8. The Bertz CT molecular complexity index is 947.